The predicted octanol–water partition coefficient (Wildman–Crippen LogP) is -5.06. The van der Waals surface area contributed by atoms with Crippen molar-refractivity contribution in [1.82, 2.24) is 0 Å². The van der Waals surface area contributed by atoms with Gasteiger partial charge in [-0.15, -0.1) is 0 Å². The van der Waals surface area contributed by atoms with Crippen molar-refractivity contribution in [2.45, 2.75) is 0 Å². The van der Waals surface area contributed by atoms with E-state index in [9.17, 15) is 14.1 Å². The average molecular weight is 212 g/mol. The van der Waals surface area contributed by atoms with Crippen LogP contribution >= 0.6 is 7.82 Å². The number of halogens is 1. The third kappa shape index (κ3) is 34.1. The monoisotopic (exact) mass is 212 g/mol. The van der Waals surface area contributed by atoms with Gasteiger partial charge >= 0.3 is 30.8 Å². The SMILES string of the molecule is O=C(O)C(=O)OF.O=P([O-])(O)O.[Li+]. The second kappa shape index (κ2) is 8.19. The summed E-state index contributed by atoms with van der Waals surface area (Å²) in [5, 5.41) is 7.47. The van der Waals surface area contributed by atoms with E-state index in [0.29, 0.717) is 0 Å². The fourth-order valence-corrected chi connectivity index (χ4v) is 0.0330. The molecule has 0 heterocycles. The zero-order chi connectivity index (χ0) is 10.4. The van der Waals surface area contributed by atoms with Crippen molar-refractivity contribution in [3.05, 3.63) is 0 Å². The second-order valence-corrected chi connectivity index (χ2v) is 2.14. The van der Waals surface area contributed by atoms with Crippen LogP contribution < -0.4 is 23.8 Å². The molecule has 0 rings (SSSR count). The molecule has 0 saturated carbocycles. The molecule has 0 aromatic carbocycles. The molecule has 11 heteroatoms. The van der Waals surface area contributed by atoms with Gasteiger partial charge in [0.1, 0.15) is 0 Å². The third-order valence-electron chi connectivity index (χ3n) is 0.245. The van der Waals surface area contributed by atoms with Gasteiger partial charge < -0.3 is 19.8 Å². The van der Waals surface area contributed by atoms with E-state index in [0.717, 1.165) is 0 Å². The van der Waals surface area contributed by atoms with E-state index in [-0.39, 0.29) is 18.9 Å². The van der Waals surface area contributed by atoms with Crippen LogP contribution in [0, 0.1) is 0 Å². The number of carbonyl (C=O) groups excluding carboxylic acids is 1. The van der Waals surface area contributed by atoms with Gasteiger partial charge in [0, 0.05) is 4.53 Å². The maximum Gasteiger partial charge on any atom is 1.00 e. The van der Waals surface area contributed by atoms with Gasteiger partial charge in [-0.3, -0.25) is 4.57 Å². The normalized spacial score (nSPS) is 8.62. The molecule has 8 nitrogen and oxygen atoms in total. The van der Waals surface area contributed by atoms with Crippen molar-refractivity contribution < 1.29 is 62.3 Å². The van der Waals surface area contributed by atoms with E-state index in [1.807, 2.05) is 0 Å². The molecule has 0 bridgehead atoms. The van der Waals surface area contributed by atoms with Gasteiger partial charge in [0.15, 0.2) is 0 Å². The minimum atomic E-state index is -4.89. The molecule has 0 radical (unpaired) electrons. The van der Waals surface area contributed by atoms with Gasteiger partial charge in [-0.05, 0) is 0 Å². The molecule has 0 aliphatic rings. The predicted molar refractivity (Wildman–Crippen MR) is 26.9 cm³/mol. The fraction of sp³-hybridized carbons (Fsp3) is 0. The molecule has 13 heavy (non-hydrogen) atoms. The van der Waals surface area contributed by atoms with Crippen molar-refractivity contribution in [3.63, 3.8) is 0 Å². The number of carboxylic acids is 1. The summed E-state index contributed by atoms with van der Waals surface area (Å²) in [7, 11) is -4.89. The van der Waals surface area contributed by atoms with Crippen LogP contribution in [0.2, 0.25) is 0 Å². The number of phosphoric acid groups is 1. The van der Waals surface area contributed by atoms with Crippen molar-refractivity contribution in [1.29, 1.82) is 0 Å². The Morgan fingerprint density at radius 3 is 1.62 bits per heavy atom. The number of carboxylic acid groups (broad SMARTS) is 1. The first kappa shape index (κ1) is 18.4. The molecule has 0 saturated heterocycles. The maximum absolute atomic E-state index is 10.4. The first-order chi connectivity index (χ1) is 5.18. The van der Waals surface area contributed by atoms with Crippen molar-refractivity contribution in [3.8, 4) is 0 Å². The Morgan fingerprint density at radius 2 is 1.62 bits per heavy atom. The second-order valence-electron chi connectivity index (χ2n) is 1.16. The van der Waals surface area contributed by atoms with E-state index in [1.165, 1.54) is 0 Å². The number of carbonyl (C=O) groups is 2. The summed E-state index contributed by atoms with van der Waals surface area (Å²) in [6, 6.07) is 0. The summed E-state index contributed by atoms with van der Waals surface area (Å²) in [6.45, 7) is 0. The minimum Gasteiger partial charge on any atom is -0.756 e. The standard InChI is InChI=1S/C2HFO4.Li.H3O4P/c3-7-2(6)1(4)5;;1-5(2,3)4/h(H,4,5);;(H3,1,2,3,4)/q;+1;/p-1. The van der Waals surface area contributed by atoms with Crippen LogP contribution in [0.25, 0.3) is 0 Å². The molecular weight excluding hydrogens is 209 g/mol. The third-order valence-corrected chi connectivity index (χ3v) is 0.245. The Labute approximate surface area is 82.6 Å². The van der Waals surface area contributed by atoms with Crippen LogP contribution in [-0.2, 0) is 19.1 Å². The van der Waals surface area contributed by atoms with Gasteiger partial charge in [0.2, 0.25) is 0 Å². The van der Waals surface area contributed by atoms with E-state index >= 15 is 0 Å². The molecular formula is C2H3FLiO8P. The minimum absolute atomic E-state index is 0. The van der Waals surface area contributed by atoms with Crippen LogP contribution in [0.3, 0.4) is 0 Å². The molecule has 0 spiro atoms. The smallest absolute Gasteiger partial charge is 0.756 e. The van der Waals surface area contributed by atoms with E-state index in [2.05, 4.69) is 4.94 Å². The average Bonchev–Trinajstić information content (AvgIpc) is 1.82. The summed E-state index contributed by atoms with van der Waals surface area (Å²) in [5.74, 6) is -3.84. The number of hydrogen-bond donors (Lipinski definition) is 3. The molecule has 0 unspecified atom stereocenters. The van der Waals surface area contributed by atoms with Crippen LogP contribution in [0.15, 0.2) is 0 Å². The van der Waals surface area contributed by atoms with Gasteiger partial charge in [-0.1, -0.05) is 0 Å². The van der Waals surface area contributed by atoms with Crippen LogP contribution in [0.5, 0.6) is 0 Å². The van der Waals surface area contributed by atoms with Crippen molar-refractivity contribution in [2.24, 2.45) is 0 Å². The number of hydrogen-bond acceptors (Lipinski definition) is 5. The van der Waals surface area contributed by atoms with Crippen LogP contribution in [0.4, 0.5) is 4.53 Å². The topological polar surface area (TPSA) is 144 Å². The quantitative estimate of drug-likeness (QED) is 0.205. The first-order valence-corrected chi connectivity index (χ1v) is 3.54. The van der Waals surface area contributed by atoms with Gasteiger partial charge in [0.05, 0.1) is 0 Å². The first-order valence-electron chi connectivity index (χ1n) is 2.01. The van der Waals surface area contributed by atoms with E-state index < -0.39 is 19.8 Å². The molecule has 72 valence electrons. The molecule has 0 amide bonds. The molecule has 0 aromatic heterocycles. The summed E-state index contributed by atoms with van der Waals surface area (Å²) in [5.41, 5.74) is 0. The van der Waals surface area contributed by atoms with Crippen LogP contribution in [-0.4, -0.2) is 26.8 Å². The molecule has 3 N–H and O–H groups in total. The molecule has 0 aliphatic heterocycles. The Kier molecular flexibility index (Phi) is 11.6. The van der Waals surface area contributed by atoms with Gasteiger partial charge in [0.25, 0.3) is 7.82 Å². The summed E-state index contributed by atoms with van der Waals surface area (Å²) in [4.78, 5) is 43.7. The summed E-state index contributed by atoms with van der Waals surface area (Å²) < 4.78 is 19.2. The maximum atomic E-state index is 10.4. The van der Waals surface area contributed by atoms with Gasteiger partial charge in [-0.2, -0.15) is 0 Å². The summed E-state index contributed by atoms with van der Waals surface area (Å²) >= 11 is 0. The number of rotatable bonds is 0. The Balaban J connectivity index is -0.000000150. The zero-order valence-electron chi connectivity index (χ0n) is 6.21. The largest absolute Gasteiger partial charge is 1.00 e. The molecule has 0 aliphatic carbocycles. The van der Waals surface area contributed by atoms with E-state index in [1.54, 1.807) is 0 Å². The summed E-state index contributed by atoms with van der Waals surface area (Å²) in [6.07, 6.45) is 0. The zero-order valence-corrected chi connectivity index (χ0v) is 7.10. The Hall–Kier alpha value is -0.423. The Bertz CT molecular complexity index is 202. The Morgan fingerprint density at radius 1 is 1.38 bits per heavy atom. The van der Waals surface area contributed by atoms with Crippen molar-refractivity contribution >= 4 is 19.8 Å². The fourth-order valence-electron chi connectivity index (χ4n) is 0.0330. The molecule has 0 atom stereocenters. The number of aliphatic carboxylic acids is 1. The van der Waals surface area contributed by atoms with Crippen LogP contribution in [0.1, 0.15) is 0 Å². The van der Waals surface area contributed by atoms with E-state index in [4.69, 9.17) is 24.4 Å². The molecule has 0 aromatic rings. The van der Waals surface area contributed by atoms with Gasteiger partial charge in [-0.25, -0.2) is 14.5 Å². The van der Waals surface area contributed by atoms with Crippen molar-refractivity contribution in [2.75, 3.05) is 0 Å². The molecule has 0 fully saturated rings.